The average Bonchev–Trinajstić information content (AvgIpc) is 3.48. The Morgan fingerprint density at radius 3 is 2.53 bits per heavy atom. The lowest BCUT2D eigenvalue weighted by atomic mass is 10.1. The van der Waals surface area contributed by atoms with Crippen LogP contribution in [0, 0.1) is 28.6 Å². The van der Waals surface area contributed by atoms with Gasteiger partial charge < -0.3 is 4.57 Å². The molecule has 1 aromatic carbocycles. The molecule has 2 heterocycles. The zero-order chi connectivity index (χ0) is 21.5. The van der Waals surface area contributed by atoms with Crippen molar-refractivity contribution in [2.24, 2.45) is 5.92 Å². The van der Waals surface area contributed by atoms with Gasteiger partial charge in [-0.05, 0) is 56.9 Å². The molecule has 1 N–H and O–H groups in total. The zero-order valence-electron chi connectivity index (χ0n) is 16.8. The maximum atomic E-state index is 12.4. The van der Waals surface area contributed by atoms with Crippen molar-refractivity contribution >= 4 is 20.9 Å². The minimum absolute atomic E-state index is 0.0788. The van der Waals surface area contributed by atoms with E-state index >= 15 is 0 Å². The highest BCUT2D eigenvalue weighted by molar-refractivity contribution is 7.89. The highest BCUT2D eigenvalue weighted by atomic mass is 32.2. The van der Waals surface area contributed by atoms with E-state index < -0.39 is 10.0 Å². The molecule has 0 bridgehead atoms. The second kappa shape index (κ2) is 7.56. The van der Waals surface area contributed by atoms with Crippen LogP contribution in [0.15, 0.2) is 41.4 Å². The van der Waals surface area contributed by atoms with Crippen molar-refractivity contribution in [3.63, 3.8) is 0 Å². The van der Waals surface area contributed by atoms with E-state index in [1.165, 1.54) is 12.3 Å². The number of aromatic nitrogens is 2. The van der Waals surface area contributed by atoms with Gasteiger partial charge in [-0.15, -0.1) is 0 Å². The van der Waals surface area contributed by atoms with Crippen LogP contribution in [-0.4, -0.2) is 24.0 Å². The van der Waals surface area contributed by atoms with Gasteiger partial charge in [0.15, 0.2) is 0 Å². The fourth-order valence-corrected chi connectivity index (χ4v) is 4.80. The highest BCUT2D eigenvalue weighted by Crippen LogP contribution is 2.38. The molecule has 152 valence electrons. The van der Waals surface area contributed by atoms with Crippen LogP contribution in [-0.2, 0) is 16.6 Å². The minimum Gasteiger partial charge on any atom is -0.338 e. The Balaban J connectivity index is 1.88. The third kappa shape index (κ3) is 3.68. The van der Waals surface area contributed by atoms with Gasteiger partial charge in [0.2, 0.25) is 10.0 Å². The minimum atomic E-state index is -3.65. The summed E-state index contributed by atoms with van der Waals surface area (Å²) in [7, 11) is -3.65. The molecule has 0 unspecified atom stereocenters. The number of nitriles is 2. The van der Waals surface area contributed by atoms with E-state index in [2.05, 4.69) is 26.4 Å². The van der Waals surface area contributed by atoms with Crippen LogP contribution in [0.1, 0.15) is 37.8 Å². The molecular formula is C22H21N5O2S. The van der Waals surface area contributed by atoms with Crippen molar-refractivity contribution in [1.29, 1.82) is 10.5 Å². The summed E-state index contributed by atoms with van der Waals surface area (Å²) in [6.07, 6.45) is 3.58. The van der Waals surface area contributed by atoms with Gasteiger partial charge >= 0.3 is 0 Å². The number of hydrogen-bond donors (Lipinski definition) is 1. The van der Waals surface area contributed by atoms with Gasteiger partial charge in [-0.3, -0.25) is 4.98 Å². The standard InChI is InChI=1S/C22H21N5O2S/c1-14(2)26-30(28,29)17-6-8-20(25-12-17)22-19(11-24)18-7-5-16(10-23)9-21(18)27(22)13-15-3-4-15/h5-9,12,14-15,26H,3-4,13H2,1-2H3. The third-order valence-electron chi connectivity index (χ3n) is 5.12. The maximum Gasteiger partial charge on any atom is 0.242 e. The Bertz CT molecular complexity index is 1300. The summed E-state index contributed by atoms with van der Waals surface area (Å²) in [4.78, 5) is 4.48. The molecule has 0 spiro atoms. The summed E-state index contributed by atoms with van der Waals surface area (Å²) in [6, 6.07) is 12.7. The maximum absolute atomic E-state index is 12.4. The van der Waals surface area contributed by atoms with E-state index in [0.29, 0.717) is 28.4 Å². The number of nitrogens with zero attached hydrogens (tertiary/aromatic N) is 4. The molecule has 0 radical (unpaired) electrons. The lowest BCUT2D eigenvalue weighted by molar-refractivity contribution is 0.569. The number of benzene rings is 1. The van der Waals surface area contributed by atoms with Crippen LogP contribution < -0.4 is 4.72 Å². The number of sulfonamides is 1. The van der Waals surface area contributed by atoms with E-state index in [4.69, 9.17) is 0 Å². The summed E-state index contributed by atoms with van der Waals surface area (Å²) < 4.78 is 29.4. The Hall–Kier alpha value is -3.20. The number of rotatable bonds is 6. The van der Waals surface area contributed by atoms with Crippen LogP contribution >= 0.6 is 0 Å². The van der Waals surface area contributed by atoms with Crippen molar-refractivity contribution in [3.05, 3.63) is 47.7 Å². The molecular weight excluding hydrogens is 398 g/mol. The number of fused-ring (bicyclic) bond motifs is 1. The van der Waals surface area contributed by atoms with Gasteiger partial charge in [-0.2, -0.15) is 10.5 Å². The van der Waals surface area contributed by atoms with Gasteiger partial charge in [0.1, 0.15) is 11.0 Å². The summed E-state index contributed by atoms with van der Waals surface area (Å²) in [5, 5.41) is 20.0. The van der Waals surface area contributed by atoms with Gasteiger partial charge in [-0.25, -0.2) is 13.1 Å². The molecule has 3 aromatic rings. The molecule has 0 aliphatic heterocycles. The van der Waals surface area contributed by atoms with Crippen molar-refractivity contribution in [2.75, 3.05) is 0 Å². The van der Waals surface area contributed by atoms with Crippen LogP contribution in [0.25, 0.3) is 22.3 Å². The van der Waals surface area contributed by atoms with E-state index in [1.54, 1.807) is 38.1 Å². The normalized spacial score (nSPS) is 14.0. The Morgan fingerprint density at radius 1 is 1.20 bits per heavy atom. The van der Waals surface area contributed by atoms with E-state index in [1.807, 2.05) is 0 Å². The Labute approximate surface area is 175 Å². The first-order chi connectivity index (χ1) is 14.3. The molecule has 1 saturated carbocycles. The highest BCUT2D eigenvalue weighted by Gasteiger charge is 2.27. The molecule has 4 rings (SSSR count). The predicted octanol–water partition coefficient (Wildman–Crippen LogP) is 3.54. The summed E-state index contributed by atoms with van der Waals surface area (Å²) in [6.45, 7) is 4.24. The Morgan fingerprint density at radius 2 is 1.97 bits per heavy atom. The van der Waals surface area contributed by atoms with Crippen molar-refractivity contribution in [2.45, 2.75) is 44.2 Å². The molecule has 1 aliphatic carbocycles. The van der Waals surface area contributed by atoms with E-state index in [-0.39, 0.29) is 10.9 Å². The fraction of sp³-hybridized carbons (Fsp3) is 0.318. The molecule has 30 heavy (non-hydrogen) atoms. The molecule has 1 aliphatic rings. The van der Waals surface area contributed by atoms with E-state index in [9.17, 15) is 18.9 Å². The van der Waals surface area contributed by atoms with Crippen molar-refractivity contribution < 1.29 is 8.42 Å². The molecule has 1 fully saturated rings. The summed E-state index contributed by atoms with van der Waals surface area (Å²) in [5.41, 5.74) is 3.04. The zero-order valence-corrected chi connectivity index (χ0v) is 17.6. The monoisotopic (exact) mass is 419 g/mol. The van der Waals surface area contributed by atoms with Gasteiger partial charge in [0, 0.05) is 24.2 Å². The molecule has 8 heteroatoms. The Kier molecular flexibility index (Phi) is 5.07. The van der Waals surface area contributed by atoms with Crippen molar-refractivity contribution in [1.82, 2.24) is 14.3 Å². The SMILES string of the molecule is CC(C)NS(=O)(=O)c1ccc(-c2c(C#N)c3ccc(C#N)cc3n2CC2CC2)nc1. The van der Waals surface area contributed by atoms with Crippen LogP contribution in [0.4, 0.5) is 0 Å². The lowest BCUT2D eigenvalue weighted by Crippen LogP contribution is -2.30. The molecule has 0 atom stereocenters. The van der Waals surface area contributed by atoms with Crippen LogP contribution in [0.5, 0.6) is 0 Å². The molecule has 7 nitrogen and oxygen atoms in total. The van der Waals surface area contributed by atoms with Gasteiger partial charge in [0.25, 0.3) is 0 Å². The topological polar surface area (TPSA) is 112 Å². The quantitative estimate of drug-likeness (QED) is 0.657. The van der Waals surface area contributed by atoms with Gasteiger partial charge in [-0.1, -0.05) is 6.07 Å². The number of hydrogen-bond acceptors (Lipinski definition) is 5. The first-order valence-electron chi connectivity index (χ1n) is 9.79. The third-order valence-corrected chi connectivity index (χ3v) is 6.77. The van der Waals surface area contributed by atoms with Crippen LogP contribution in [0.2, 0.25) is 0 Å². The predicted molar refractivity (Wildman–Crippen MR) is 113 cm³/mol. The second-order valence-electron chi connectivity index (χ2n) is 7.89. The number of pyridine rings is 1. The second-order valence-corrected chi connectivity index (χ2v) is 9.60. The van der Waals surface area contributed by atoms with E-state index in [0.717, 1.165) is 30.3 Å². The first kappa shape index (κ1) is 20.1. The van der Waals surface area contributed by atoms with Gasteiger partial charge in [0.05, 0.1) is 34.1 Å². The fourth-order valence-electron chi connectivity index (χ4n) is 3.60. The summed E-state index contributed by atoms with van der Waals surface area (Å²) in [5.74, 6) is 0.534. The smallest absolute Gasteiger partial charge is 0.242 e. The largest absolute Gasteiger partial charge is 0.338 e. The number of nitrogens with one attached hydrogen (secondary N) is 1. The first-order valence-corrected chi connectivity index (χ1v) is 11.3. The average molecular weight is 420 g/mol. The molecule has 0 saturated heterocycles. The molecule has 2 aromatic heterocycles. The van der Waals surface area contributed by atoms with Crippen LogP contribution in [0.3, 0.4) is 0 Å². The summed E-state index contributed by atoms with van der Waals surface area (Å²) >= 11 is 0. The lowest BCUT2D eigenvalue weighted by Gasteiger charge is -2.12. The molecule has 0 amide bonds. The van der Waals surface area contributed by atoms with Crippen molar-refractivity contribution in [3.8, 4) is 23.5 Å².